The molecule has 176 valence electrons. The van der Waals surface area contributed by atoms with Gasteiger partial charge < -0.3 is 16.0 Å². The Hall–Kier alpha value is 0.113. The fraction of sp³-hybridized carbons (Fsp3) is 0.808. The monoisotopic (exact) mass is 497 g/mol. The van der Waals surface area contributed by atoms with Crippen LogP contribution < -0.4 is 0 Å². The number of nitrogens with zero attached hydrogens (tertiary/aromatic N) is 3. The summed E-state index contributed by atoms with van der Waals surface area (Å²) in [5, 5.41) is 11.9. The Balaban J connectivity index is -0.000000176. The molecule has 0 bridgehead atoms. The van der Waals surface area contributed by atoms with Crippen molar-refractivity contribution < 1.29 is 26.2 Å². The summed E-state index contributed by atoms with van der Waals surface area (Å²) >= 11 is 0. The smallest absolute Gasteiger partial charge is 0.663 e. The van der Waals surface area contributed by atoms with Gasteiger partial charge in [0.1, 0.15) is 0 Å². The molecule has 0 saturated carbocycles. The summed E-state index contributed by atoms with van der Waals surface area (Å²) in [6.07, 6.45) is 0. The van der Waals surface area contributed by atoms with Crippen LogP contribution in [0.1, 0.15) is 118 Å². The number of hydrogen-bond donors (Lipinski definition) is 0. The van der Waals surface area contributed by atoms with E-state index in [-0.39, 0.29) is 26.2 Å². The van der Waals surface area contributed by atoms with Gasteiger partial charge in [0.15, 0.2) is 0 Å². The van der Waals surface area contributed by atoms with E-state index in [1.54, 1.807) is 11.1 Å². The van der Waals surface area contributed by atoms with E-state index in [2.05, 4.69) is 69.6 Å². The predicted octanol–water partition coefficient (Wildman–Crippen LogP) is 8.97. The Labute approximate surface area is 210 Å². The Kier molecular flexibility index (Phi) is 33.9. The summed E-state index contributed by atoms with van der Waals surface area (Å²) in [6, 6.07) is 4.79. The standard InChI is InChI=1S/C14H23.3C4H10N.Zr/c1-9(2)12-7-13(10(3)4)14(8-12)11(5)6;3*1-3-5-4-2;/h7-11H,1-6H3;3*3-4H2,1-2H3;/q4*-1;+4. The zero-order chi connectivity index (χ0) is 23.2. The zero-order valence-corrected chi connectivity index (χ0v) is 24.9. The first-order valence-electron chi connectivity index (χ1n) is 11.9. The van der Waals surface area contributed by atoms with Crippen LogP contribution in [0.2, 0.25) is 0 Å². The zero-order valence-electron chi connectivity index (χ0n) is 22.5. The van der Waals surface area contributed by atoms with Gasteiger partial charge in [-0.05, 0) is 5.92 Å². The maximum atomic E-state index is 3.97. The Morgan fingerprint density at radius 1 is 0.633 bits per heavy atom. The van der Waals surface area contributed by atoms with Gasteiger partial charge in [-0.2, -0.15) is 62.0 Å². The van der Waals surface area contributed by atoms with Crippen LogP contribution in [0.5, 0.6) is 0 Å². The van der Waals surface area contributed by atoms with Crippen molar-refractivity contribution >= 4 is 0 Å². The van der Waals surface area contributed by atoms with Crippen molar-refractivity contribution in [1.29, 1.82) is 0 Å². The molecule has 1 aromatic rings. The molecule has 0 atom stereocenters. The largest absolute Gasteiger partial charge is 4.00 e. The number of rotatable bonds is 9. The molecule has 3 nitrogen and oxygen atoms in total. The third kappa shape index (κ3) is 22.8. The van der Waals surface area contributed by atoms with E-state index in [0.717, 1.165) is 39.3 Å². The van der Waals surface area contributed by atoms with Crippen LogP contribution in [0.4, 0.5) is 0 Å². The van der Waals surface area contributed by atoms with Crippen molar-refractivity contribution in [3.63, 3.8) is 0 Å². The SMILES string of the molecule is CC(C)c1cc(C(C)C)[c-](C(C)C)c1.CC[N-]CC.CC[N-]CC.CC[N-]CC.[Zr+4]. The van der Waals surface area contributed by atoms with Gasteiger partial charge >= 0.3 is 26.2 Å². The topological polar surface area (TPSA) is 42.3 Å². The summed E-state index contributed by atoms with van der Waals surface area (Å²) in [4.78, 5) is 0. The van der Waals surface area contributed by atoms with Crippen molar-refractivity contribution in [2.75, 3.05) is 39.3 Å². The minimum Gasteiger partial charge on any atom is -0.663 e. The Morgan fingerprint density at radius 3 is 1.10 bits per heavy atom. The summed E-state index contributed by atoms with van der Waals surface area (Å²) in [7, 11) is 0. The molecule has 0 radical (unpaired) electrons. The molecule has 30 heavy (non-hydrogen) atoms. The van der Waals surface area contributed by atoms with Crippen molar-refractivity contribution in [1.82, 2.24) is 0 Å². The first kappa shape index (κ1) is 37.4. The second kappa shape index (κ2) is 27.1. The van der Waals surface area contributed by atoms with Crippen LogP contribution >= 0.6 is 0 Å². The van der Waals surface area contributed by atoms with Crippen LogP contribution in [0, 0.1) is 0 Å². The van der Waals surface area contributed by atoms with Gasteiger partial charge in [0.25, 0.3) is 0 Å². The fourth-order valence-electron chi connectivity index (χ4n) is 2.57. The van der Waals surface area contributed by atoms with Crippen molar-refractivity contribution in [2.45, 2.75) is 101 Å². The van der Waals surface area contributed by atoms with Gasteiger partial charge in [0, 0.05) is 0 Å². The van der Waals surface area contributed by atoms with Gasteiger partial charge in [-0.25, -0.2) is 6.07 Å². The molecule has 1 rings (SSSR count). The normalized spacial score (nSPS) is 9.83. The van der Waals surface area contributed by atoms with Crippen molar-refractivity contribution in [3.05, 3.63) is 44.8 Å². The minimum absolute atomic E-state index is 0. The van der Waals surface area contributed by atoms with E-state index in [1.807, 2.05) is 41.5 Å². The molecule has 1 aromatic carbocycles. The van der Waals surface area contributed by atoms with Crippen molar-refractivity contribution in [2.24, 2.45) is 0 Å². The summed E-state index contributed by atoms with van der Waals surface area (Å²) in [6.45, 7) is 31.8. The molecule has 0 aromatic heterocycles. The number of hydrogen-bond acceptors (Lipinski definition) is 0. The average molecular weight is 499 g/mol. The molecule has 0 N–H and O–H groups in total. The molecule has 0 heterocycles. The van der Waals surface area contributed by atoms with E-state index in [1.165, 1.54) is 5.56 Å². The van der Waals surface area contributed by atoms with Crippen LogP contribution in [0.3, 0.4) is 0 Å². The molecule has 0 saturated heterocycles. The van der Waals surface area contributed by atoms with Gasteiger partial charge in [-0.1, -0.05) is 94.9 Å². The van der Waals surface area contributed by atoms with E-state index in [4.69, 9.17) is 0 Å². The van der Waals surface area contributed by atoms with Crippen LogP contribution in [0.15, 0.2) is 12.1 Å². The van der Waals surface area contributed by atoms with Crippen LogP contribution in [-0.2, 0) is 26.2 Å². The average Bonchev–Trinajstić information content (AvgIpc) is 3.12. The molecule has 0 aliphatic heterocycles. The maximum Gasteiger partial charge on any atom is 4.00 e. The fourth-order valence-corrected chi connectivity index (χ4v) is 2.57. The molecule has 0 amide bonds. The third-order valence-electron chi connectivity index (χ3n) is 4.23. The Bertz CT molecular complexity index is 380. The van der Waals surface area contributed by atoms with Gasteiger partial charge in [0.05, 0.1) is 0 Å². The molecule has 0 spiro atoms. The van der Waals surface area contributed by atoms with Gasteiger partial charge in [-0.3, -0.25) is 0 Å². The summed E-state index contributed by atoms with van der Waals surface area (Å²) in [5.74, 6) is 1.96. The molecular formula is C26H53N3Zr. The van der Waals surface area contributed by atoms with Gasteiger partial charge in [0.2, 0.25) is 0 Å². The minimum atomic E-state index is 0. The predicted molar refractivity (Wildman–Crippen MR) is 138 cm³/mol. The van der Waals surface area contributed by atoms with E-state index in [9.17, 15) is 0 Å². The second-order valence-electron chi connectivity index (χ2n) is 7.73. The first-order valence-corrected chi connectivity index (χ1v) is 11.9. The summed E-state index contributed by atoms with van der Waals surface area (Å²) < 4.78 is 0. The summed E-state index contributed by atoms with van der Waals surface area (Å²) in [5.41, 5.74) is 4.59. The maximum absolute atomic E-state index is 3.97. The molecular weight excluding hydrogens is 446 g/mol. The molecule has 0 unspecified atom stereocenters. The molecule has 0 fully saturated rings. The molecule has 0 aliphatic rings. The van der Waals surface area contributed by atoms with E-state index < -0.39 is 0 Å². The van der Waals surface area contributed by atoms with Crippen LogP contribution in [-0.4, -0.2) is 39.3 Å². The quantitative estimate of drug-likeness (QED) is 0.305. The Morgan fingerprint density at radius 2 is 0.967 bits per heavy atom. The third-order valence-corrected chi connectivity index (χ3v) is 4.23. The van der Waals surface area contributed by atoms with Gasteiger partial charge in [-0.15, -0.1) is 0 Å². The molecule has 0 aliphatic carbocycles. The second-order valence-corrected chi connectivity index (χ2v) is 7.73. The first-order chi connectivity index (χ1) is 13.7. The molecule has 4 heteroatoms. The van der Waals surface area contributed by atoms with Crippen molar-refractivity contribution in [3.8, 4) is 0 Å². The van der Waals surface area contributed by atoms with Crippen LogP contribution in [0.25, 0.3) is 16.0 Å². The van der Waals surface area contributed by atoms with E-state index in [0.29, 0.717) is 17.8 Å². The van der Waals surface area contributed by atoms with E-state index >= 15 is 0 Å².